The highest BCUT2D eigenvalue weighted by atomic mass is 14.1. The highest BCUT2D eigenvalue weighted by Crippen LogP contribution is 2.21. The number of allylic oxidation sites excluding steroid dienone is 4. The Balaban J connectivity index is 3.78. The van der Waals surface area contributed by atoms with Gasteiger partial charge in [-0.05, 0) is 44.4 Å². The topological polar surface area (TPSA) is 0 Å². The number of unbranched alkanes of at least 4 members (excludes halogenated alkanes) is 1. The first-order chi connectivity index (χ1) is 8.35. The van der Waals surface area contributed by atoms with Gasteiger partial charge in [0, 0.05) is 0 Å². The van der Waals surface area contributed by atoms with Crippen LogP contribution in [-0.2, 0) is 0 Å². The van der Waals surface area contributed by atoms with E-state index in [0.29, 0.717) is 0 Å². The zero-order chi connectivity index (χ0) is 12.8. The lowest BCUT2D eigenvalue weighted by molar-refractivity contribution is 0.411. The summed E-state index contributed by atoms with van der Waals surface area (Å²) < 4.78 is 0. The van der Waals surface area contributed by atoms with Gasteiger partial charge in [0.15, 0.2) is 0 Å². The summed E-state index contributed by atoms with van der Waals surface area (Å²) in [5.41, 5.74) is 0. The van der Waals surface area contributed by atoms with Crippen molar-refractivity contribution in [1.82, 2.24) is 0 Å². The van der Waals surface area contributed by atoms with Gasteiger partial charge in [0.2, 0.25) is 0 Å². The molecule has 0 aromatic carbocycles. The predicted molar refractivity (Wildman–Crippen MR) is 80.3 cm³/mol. The van der Waals surface area contributed by atoms with Crippen LogP contribution in [0.15, 0.2) is 24.3 Å². The molecule has 0 aromatic rings. The van der Waals surface area contributed by atoms with E-state index in [2.05, 4.69) is 45.1 Å². The molecule has 0 atom stereocenters. The average Bonchev–Trinajstić information content (AvgIpc) is 2.35. The van der Waals surface area contributed by atoms with E-state index in [0.717, 1.165) is 5.92 Å². The normalized spacial score (nSPS) is 12.2. The first kappa shape index (κ1) is 16.5. The zero-order valence-electron chi connectivity index (χ0n) is 12.3. The van der Waals surface area contributed by atoms with E-state index >= 15 is 0 Å². The van der Waals surface area contributed by atoms with E-state index in [1.807, 2.05) is 0 Å². The van der Waals surface area contributed by atoms with Gasteiger partial charge in [-0.25, -0.2) is 0 Å². The van der Waals surface area contributed by atoms with E-state index in [1.165, 1.54) is 57.8 Å². The first-order valence-corrected chi connectivity index (χ1v) is 7.65. The van der Waals surface area contributed by atoms with E-state index in [1.54, 1.807) is 0 Å². The smallest absolute Gasteiger partial charge is 0.0348 e. The van der Waals surface area contributed by atoms with Crippen molar-refractivity contribution in [3.8, 4) is 0 Å². The fraction of sp³-hybridized carbons (Fsp3) is 0.765. The Morgan fingerprint density at radius 2 is 1.24 bits per heavy atom. The van der Waals surface area contributed by atoms with Crippen molar-refractivity contribution in [2.24, 2.45) is 5.92 Å². The van der Waals surface area contributed by atoms with E-state index in [-0.39, 0.29) is 0 Å². The van der Waals surface area contributed by atoms with E-state index in [4.69, 9.17) is 0 Å². The minimum absolute atomic E-state index is 0.943. The minimum atomic E-state index is 0.943. The van der Waals surface area contributed by atoms with Crippen LogP contribution in [-0.4, -0.2) is 0 Å². The maximum absolute atomic E-state index is 2.36. The van der Waals surface area contributed by atoms with Gasteiger partial charge in [-0.3, -0.25) is 0 Å². The molecule has 0 aliphatic rings. The van der Waals surface area contributed by atoms with Gasteiger partial charge in [-0.1, -0.05) is 64.3 Å². The quantitative estimate of drug-likeness (QED) is 0.370. The molecule has 17 heavy (non-hydrogen) atoms. The highest BCUT2D eigenvalue weighted by molar-refractivity contribution is 4.83. The molecule has 0 unspecified atom stereocenters. The van der Waals surface area contributed by atoms with Crippen molar-refractivity contribution in [2.45, 2.75) is 78.6 Å². The molecule has 0 aromatic heterocycles. The van der Waals surface area contributed by atoms with Gasteiger partial charge in [-0.15, -0.1) is 0 Å². The Labute approximate surface area is 109 Å². The van der Waals surface area contributed by atoms with Crippen LogP contribution >= 0.6 is 0 Å². The average molecular weight is 236 g/mol. The molecule has 0 N–H and O–H groups in total. The van der Waals surface area contributed by atoms with Crippen LogP contribution < -0.4 is 0 Å². The third kappa shape index (κ3) is 11.7. The monoisotopic (exact) mass is 236 g/mol. The molecule has 0 saturated carbocycles. The minimum Gasteiger partial charge on any atom is -0.0888 e. The third-order valence-electron chi connectivity index (χ3n) is 3.25. The SMILES string of the molecule is CC/C=C\CCC(CC/C=C\CC)CCCC. The van der Waals surface area contributed by atoms with E-state index < -0.39 is 0 Å². The molecule has 0 saturated heterocycles. The van der Waals surface area contributed by atoms with Gasteiger partial charge in [0.1, 0.15) is 0 Å². The summed E-state index contributed by atoms with van der Waals surface area (Å²) in [4.78, 5) is 0. The Bertz CT molecular complexity index is 170. The molecule has 100 valence electrons. The molecule has 0 aliphatic heterocycles. The molecule has 0 heterocycles. The van der Waals surface area contributed by atoms with Crippen molar-refractivity contribution in [3.05, 3.63) is 24.3 Å². The summed E-state index contributed by atoms with van der Waals surface area (Å²) in [5, 5.41) is 0. The molecular formula is C17H32. The maximum atomic E-state index is 2.36. The van der Waals surface area contributed by atoms with Crippen LogP contribution in [0.2, 0.25) is 0 Å². The van der Waals surface area contributed by atoms with Crippen LogP contribution in [0.5, 0.6) is 0 Å². The molecular weight excluding hydrogens is 204 g/mol. The second kappa shape index (κ2) is 13.5. The summed E-state index contributed by atoms with van der Waals surface area (Å²) in [7, 11) is 0. The van der Waals surface area contributed by atoms with Gasteiger partial charge in [0.25, 0.3) is 0 Å². The van der Waals surface area contributed by atoms with Crippen LogP contribution in [0.3, 0.4) is 0 Å². The molecule has 0 spiro atoms. The summed E-state index contributed by atoms with van der Waals surface area (Å²) in [5.74, 6) is 0.943. The fourth-order valence-electron chi connectivity index (χ4n) is 2.16. The largest absolute Gasteiger partial charge is 0.0888 e. The number of hydrogen-bond acceptors (Lipinski definition) is 0. The van der Waals surface area contributed by atoms with Crippen molar-refractivity contribution in [1.29, 1.82) is 0 Å². The second-order valence-electron chi connectivity index (χ2n) is 4.92. The van der Waals surface area contributed by atoms with Gasteiger partial charge in [-0.2, -0.15) is 0 Å². The van der Waals surface area contributed by atoms with Gasteiger partial charge in [0.05, 0.1) is 0 Å². The molecule has 0 bridgehead atoms. The molecule has 0 aliphatic carbocycles. The van der Waals surface area contributed by atoms with Crippen LogP contribution in [0, 0.1) is 5.92 Å². The zero-order valence-corrected chi connectivity index (χ0v) is 12.3. The Kier molecular flexibility index (Phi) is 13.1. The standard InChI is InChI=1S/C17H32/c1-4-7-10-12-15-17(14-9-6-3)16-13-11-8-5-2/h7-8,10-11,17H,4-6,9,12-16H2,1-3H3/b10-7-,11-8-. The second-order valence-corrected chi connectivity index (χ2v) is 4.92. The first-order valence-electron chi connectivity index (χ1n) is 7.65. The van der Waals surface area contributed by atoms with Gasteiger partial charge >= 0.3 is 0 Å². The lowest BCUT2D eigenvalue weighted by Crippen LogP contribution is -1.99. The molecule has 0 nitrogen and oxygen atoms in total. The fourth-order valence-corrected chi connectivity index (χ4v) is 2.16. The van der Waals surface area contributed by atoms with Gasteiger partial charge < -0.3 is 0 Å². The summed E-state index contributed by atoms with van der Waals surface area (Å²) in [6, 6.07) is 0. The molecule has 0 heteroatoms. The molecule has 0 rings (SSSR count). The lowest BCUT2D eigenvalue weighted by atomic mass is 9.92. The van der Waals surface area contributed by atoms with Crippen LogP contribution in [0.25, 0.3) is 0 Å². The van der Waals surface area contributed by atoms with Crippen LogP contribution in [0.1, 0.15) is 78.6 Å². The Hall–Kier alpha value is -0.520. The number of rotatable bonds is 11. The van der Waals surface area contributed by atoms with Crippen molar-refractivity contribution < 1.29 is 0 Å². The summed E-state index contributed by atoms with van der Waals surface area (Å²) in [6.45, 7) is 6.71. The predicted octanol–water partition coefficient (Wildman–Crippen LogP) is 6.29. The van der Waals surface area contributed by atoms with Crippen molar-refractivity contribution in [2.75, 3.05) is 0 Å². The van der Waals surface area contributed by atoms with E-state index in [9.17, 15) is 0 Å². The van der Waals surface area contributed by atoms with Crippen molar-refractivity contribution >= 4 is 0 Å². The van der Waals surface area contributed by atoms with Crippen LogP contribution in [0.4, 0.5) is 0 Å². The number of hydrogen-bond donors (Lipinski definition) is 0. The Morgan fingerprint density at radius 3 is 1.65 bits per heavy atom. The lowest BCUT2D eigenvalue weighted by Gasteiger charge is -2.14. The molecule has 0 amide bonds. The molecule has 0 radical (unpaired) electrons. The van der Waals surface area contributed by atoms with Crippen molar-refractivity contribution in [3.63, 3.8) is 0 Å². The maximum Gasteiger partial charge on any atom is -0.0348 e. The molecule has 0 fully saturated rings. The highest BCUT2D eigenvalue weighted by Gasteiger charge is 2.06. The third-order valence-corrected chi connectivity index (χ3v) is 3.25. The Morgan fingerprint density at radius 1 is 0.706 bits per heavy atom. The summed E-state index contributed by atoms with van der Waals surface area (Å²) in [6.07, 6.45) is 21.2. The summed E-state index contributed by atoms with van der Waals surface area (Å²) >= 11 is 0.